The van der Waals surface area contributed by atoms with Crippen LogP contribution in [0, 0.1) is 0 Å². The molecule has 1 atom stereocenters. The number of halogens is 1. The zero-order valence-electron chi connectivity index (χ0n) is 14.6. The second kappa shape index (κ2) is 9.70. The average Bonchev–Trinajstić information content (AvgIpc) is 2.61. The van der Waals surface area contributed by atoms with E-state index >= 15 is 0 Å². The highest BCUT2D eigenvalue weighted by atomic mass is 79.9. The Morgan fingerprint density at radius 1 is 1.04 bits per heavy atom. The first-order valence-electron chi connectivity index (χ1n) is 8.52. The van der Waals surface area contributed by atoms with E-state index in [0.717, 1.165) is 34.5 Å². The van der Waals surface area contributed by atoms with Gasteiger partial charge < -0.3 is 14.8 Å². The highest BCUT2D eigenvalue weighted by Gasteiger charge is 2.12. The summed E-state index contributed by atoms with van der Waals surface area (Å²) in [4.78, 5) is 0. The molecule has 0 aliphatic carbocycles. The molecule has 1 N–H and O–H groups in total. The Morgan fingerprint density at radius 3 is 2.42 bits per heavy atom. The molecule has 0 aliphatic heterocycles. The molecule has 0 spiro atoms. The van der Waals surface area contributed by atoms with E-state index in [1.807, 2.05) is 19.1 Å². The molecule has 130 valence electrons. The Labute approximate surface area is 153 Å². The second-order valence-electron chi connectivity index (χ2n) is 5.69. The number of ether oxygens (including phenoxy) is 2. The fourth-order valence-corrected chi connectivity index (χ4v) is 2.89. The van der Waals surface area contributed by atoms with Gasteiger partial charge in [-0.15, -0.1) is 0 Å². The van der Waals surface area contributed by atoms with Crippen molar-refractivity contribution in [2.45, 2.75) is 39.8 Å². The summed E-state index contributed by atoms with van der Waals surface area (Å²) in [6.45, 7) is 8.32. The zero-order chi connectivity index (χ0) is 17.4. The lowest BCUT2D eigenvalue weighted by molar-refractivity contribution is 0.276. The van der Waals surface area contributed by atoms with E-state index < -0.39 is 0 Å². The lowest BCUT2D eigenvalue weighted by Gasteiger charge is -2.17. The van der Waals surface area contributed by atoms with Crippen molar-refractivity contribution in [3.05, 3.63) is 58.1 Å². The summed E-state index contributed by atoms with van der Waals surface area (Å²) in [5.74, 6) is 1.60. The van der Waals surface area contributed by atoms with Crippen molar-refractivity contribution in [3.63, 3.8) is 0 Å². The number of benzene rings is 2. The van der Waals surface area contributed by atoms with E-state index in [2.05, 4.69) is 65.4 Å². The van der Waals surface area contributed by atoms with Crippen LogP contribution in [0.3, 0.4) is 0 Å². The van der Waals surface area contributed by atoms with Crippen LogP contribution >= 0.6 is 15.9 Å². The van der Waals surface area contributed by atoms with E-state index in [9.17, 15) is 0 Å². The first-order chi connectivity index (χ1) is 11.7. The minimum absolute atomic E-state index is 0.282. The van der Waals surface area contributed by atoms with Crippen molar-refractivity contribution in [2.24, 2.45) is 0 Å². The lowest BCUT2D eigenvalue weighted by atomic mass is 10.1. The molecule has 0 aromatic heterocycles. The molecule has 0 fully saturated rings. The largest absolute Gasteiger partial charge is 0.490 e. The van der Waals surface area contributed by atoms with Crippen molar-refractivity contribution in [1.29, 1.82) is 0 Å². The Bertz CT molecular complexity index is 631. The van der Waals surface area contributed by atoms with E-state index in [0.29, 0.717) is 13.2 Å². The Kier molecular flexibility index (Phi) is 7.60. The summed E-state index contributed by atoms with van der Waals surface area (Å²) < 4.78 is 12.6. The second-order valence-corrected chi connectivity index (χ2v) is 6.54. The minimum Gasteiger partial charge on any atom is -0.490 e. The van der Waals surface area contributed by atoms with Crippen LogP contribution in [0.1, 0.15) is 44.4 Å². The smallest absolute Gasteiger partial charge is 0.162 e. The molecule has 3 nitrogen and oxygen atoms in total. The molecule has 2 rings (SSSR count). The number of rotatable bonds is 9. The molecule has 0 radical (unpaired) electrons. The van der Waals surface area contributed by atoms with E-state index in [4.69, 9.17) is 9.47 Å². The van der Waals surface area contributed by atoms with Gasteiger partial charge in [-0.05, 0) is 43.5 Å². The normalized spacial score (nSPS) is 12.0. The molecule has 24 heavy (non-hydrogen) atoms. The molecule has 0 aliphatic rings. The van der Waals surface area contributed by atoms with Gasteiger partial charge in [0.1, 0.15) is 0 Å². The molecule has 4 heteroatoms. The van der Waals surface area contributed by atoms with Crippen LogP contribution in [0.15, 0.2) is 46.9 Å². The van der Waals surface area contributed by atoms with Crippen LogP contribution in [0.5, 0.6) is 11.5 Å². The van der Waals surface area contributed by atoms with Gasteiger partial charge in [-0.1, -0.05) is 53.2 Å². The van der Waals surface area contributed by atoms with E-state index in [1.165, 1.54) is 5.56 Å². The van der Waals surface area contributed by atoms with Crippen molar-refractivity contribution < 1.29 is 9.47 Å². The molecular weight excluding hydrogens is 366 g/mol. The van der Waals surface area contributed by atoms with Crippen molar-refractivity contribution in [3.8, 4) is 11.5 Å². The van der Waals surface area contributed by atoms with Gasteiger partial charge in [0, 0.05) is 17.1 Å². The van der Waals surface area contributed by atoms with E-state index in [-0.39, 0.29) is 6.04 Å². The van der Waals surface area contributed by atoms with Crippen LogP contribution in [-0.4, -0.2) is 13.2 Å². The predicted octanol–water partition coefficient (Wildman–Crippen LogP) is 5.49. The van der Waals surface area contributed by atoms with Gasteiger partial charge in [0.25, 0.3) is 0 Å². The topological polar surface area (TPSA) is 30.5 Å². The number of hydrogen-bond acceptors (Lipinski definition) is 3. The Balaban J connectivity index is 2.10. The first kappa shape index (κ1) is 18.8. The maximum Gasteiger partial charge on any atom is 0.162 e. The molecule has 2 aromatic rings. The fraction of sp³-hybridized carbons (Fsp3) is 0.400. The molecule has 1 unspecified atom stereocenters. The monoisotopic (exact) mass is 391 g/mol. The van der Waals surface area contributed by atoms with Gasteiger partial charge in [-0.2, -0.15) is 0 Å². The molecule has 0 heterocycles. The fourth-order valence-electron chi connectivity index (χ4n) is 2.43. The van der Waals surface area contributed by atoms with Gasteiger partial charge in [-0.3, -0.25) is 0 Å². The zero-order valence-corrected chi connectivity index (χ0v) is 16.2. The third kappa shape index (κ3) is 5.25. The highest BCUT2D eigenvalue weighted by Crippen LogP contribution is 2.34. The summed E-state index contributed by atoms with van der Waals surface area (Å²) in [6.07, 6.45) is 0.973. The van der Waals surface area contributed by atoms with Crippen molar-refractivity contribution >= 4 is 15.9 Å². The van der Waals surface area contributed by atoms with Crippen LogP contribution in [0.25, 0.3) is 0 Å². The SMILES string of the molecule is CCCOc1cc(Br)c(CNC(C)c2ccccc2)cc1OCC. The summed E-state index contributed by atoms with van der Waals surface area (Å²) in [6, 6.07) is 14.8. The Morgan fingerprint density at radius 2 is 1.75 bits per heavy atom. The van der Waals surface area contributed by atoms with Crippen LogP contribution in [0.4, 0.5) is 0 Å². The van der Waals surface area contributed by atoms with E-state index in [1.54, 1.807) is 0 Å². The molecule has 0 saturated carbocycles. The first-order valence-corrected chi connectivity index (χ1v) is 9.31. The summed E-state index contributed by atoms with van der Waals surface area (Å²) >= 11 is 3.66. The predicted molar refractivity (Wildman–Crippen MR) is 103 cm³/mol. The lowest BCUT2D eigenvalue weighted by Crippen LogP contribution is -2.18. The molecule has 2 aromatic carbocycles. The molecule has 0 bridgehead atoms. The Hall–Kier alpha value is -1.52. The van der Waals surface area contributed by atoms with Crippen LogP contribution < -0.4 is 14.8 Å². The van der Waals surface area contributed by atoms with Gasteiger partial charge in [0.2, 0.25) is 0 Å². The minimum atomic E-state index is 0.282. The van der Waals surface area contributed by atoms with Gasteiger partial charge in [-0.25, -0.2) is 0 Å². The maximum atomic E-state index is 5.79. The highest BCUT2D eigenvalue weighted by molar-refractivity contribution is 9.10. The number of nitrogens with one attached hydrogen (secondary N) is 1. The summed E-state index contributed by atoms with van der Waals surface area (Å²) in [7, 11) is 0. The third-order valence-electron chi connectivity index (χ3n) is 3.77. The van der Waals surface area contributed by atoms with Crippen LogP contribution in [0.2, 0.25) is 0 Å². The molecular formula is C20H26BrNO2. The average molecular weight is 392 g/mol. The van der Waals surface area contributed by atoms with Gasteiger partial charge in [0.05, 0.1) is 13.2 Å². The standard InChI is InChI=1S/C20H26BrNO2/c1-4-11-24-20-13-18(21)17(12-19(20)23-5-2)14-22-15(3)16-9-7-6-8-10-16/h6-10,12-13,15,22H,4-5,11,14H2,1-3H3. The van der Waals surface area contributed by atoms with Crippen LogP contribution in [-0.2, 0) is 6.54 Å². The quantitative estimate of drug-likeness (QED) is 0.612. The molecule has 0 saturated heterocycles. The van der Waals surface area contributed by atoms with Gasteiger partial charge in [0.15, 0.2) is 11.5 Å². The summed E-state index contributed by atoms with van der Waals surface area (Å²) in [5, 5.41) is 3.56. The van der Waals surface area contributed by atoms with Crippen molar-refractivity contribution in [2.75, 3.05) is 13.2 Å². The maximum absolute atomic E-state index is 5.79. The number of hydrogen-bond donors (Lipinski definition) is 1. The van der Waals surface area contributed by atoms with Gasteiger partial charge >= 0.3 is 0 Å². The summed E-state index contributed by atoms with van der Waals surface area (Å²) in [5.41, 5.74) is 2.44. The third-order valence-corrected chi connectivity index (χ3v) is 4.51. The van der Waals surface area contributed by atoms with Crippen molar-refractivity contribution in [1.82, 2.24) is 5.32 Å². The molecule has 0 amide bonds.